The van der Waals surface area contributed by atoms with Gasteiger partial charge in [-0.05, 0) is 12.8 Å². The molecule has 0 amide bonds. The zero-order valence-electron chi connectivity index (χ0n) is 9.68. The fourth-order valence-electron chi connectivity index (χ4n) is 1.66. The zero-order chi connectivity index (χ0) is 12.0. The lowest BCUT2D eigenvalue weighted by Crippen LogP contribution is -2.51. The molecule has 3 N–H and O–H groups in total. The lowest BCUT2D eigenvalue weighted by atomic mass is 9.93. The van der Waals surface area contributed by atoms with Crippen LogP contribution in [-0.2, 0) is 14.9 Å². The summed E-state index contributed by atoms with van der Waals surface area (Å²) in [4.78, 5) is 0. The maximum atomic E-state index is 11.9. The van der Waals surface area contributed by atoms with Crippen LogP contribution < -0.4 is 10.5 Å². The standard InChI is InChI=1S/C9H21N3O3S/c1-15-8-6-11-16(13,14)12(7-5-10)9-3-2-4-9/h9,11H,2-8,10H2,1H3. The molecule has 1 fully saturated rings. The summed E-state index contributed by atoms with van der Waals surface area (Å²) in [5.41, 5.74) is 5.44. The highest BCUT2D eigenvalue weighted by atomic mass is 32.2. The molecule has 96 valence electrons. The molecular weight excluding hydrogens is 230 g/mol. The van der Waals surface area contributed by atoms with E-state index in [9.17, 15) is 8.42 Å². The van der Waals surface area contributed by atoms with Crippen LogP contribution in [0.5, 0.6) is 0 Å². The van der Waals surface area contributed by atoms with Crippen LogP contribution >= 0.6 is 0 Å². The molecule has 0 aromatic rings. The number of hydrogen-bond acceptors (Lipinski definition) is 4. The fourth-order valence-corrected chi connectivity index (χ4v) is 3.11. The van der Waals surface area contributed by atoms with E-state index < -0.39 is 10.2 Å². The van der Waals surface area contributed by atoms with Crippen LogP contribution in [-0.4, -0.2) is 52.1 Å². The van der Waals surface area contributed by atoms with Crippen molar-refractivity contribution in [2.45, 2.75) is 25.3 Å². The molecule has 1 saturated carbocycles. The Labute approximate surface area is 97.3 Å². The van der Waals surface area contributed by atoms with Gasteiger partial charge in [0.1, 0.15) is 0 Å². The predicted octanol–water partition coefficient (Wildman–Crippen LogP) is -0.720. The molecule has 0 aromatic carbocycles. The monoisotopic (exact) mass is 251 g/mol. The Balaban J connectivity index is 2.53. The van der Waals surface area contributed by atoms with Crippen LogP contribution in [0.1, 0.15) is 19.3 Å². The first-order valence-electron chi connectivity index (χ1n) is 5.57. The number of nitrogens with two attached hydrogens (primary N) is 1. The first-order chi connectivity index (χ1) is 7.61. The molecule has 0 bridgehead atoms. The molecule has 0 atom stereocenters. The summed E-state index contributed by atoms with van der Waals surface area (Å²) in [6, 6.07) is 0.128. The highest BCUT2D eigenvalue weighted by Crippen LogP contribution is 2.26. The summed E-state index contributed by atoms with van der Waals surface area (Å²) in [5, 5.41) is 0. The van der Waals surface area contributed by atoms with Crippen LogP contribution in [0, 0.1) is 0 Å². The topological polar surface area (TPSA) is 84.7 Å². The van der Waals surface area contributed by atoms with Crippen molar-refractivity contribution in [1.29, 1.82) is 0 Å². The molecule has 1 aliphatic rings. The van der Waals surface area contributed by atoms with Gasteiger partial charge in [-0.25, -0.2) is 0 Å². The quantitative estimate of drug-likeness (QED) is 0.558. The van der Waals surface area contributed by atoms with Crippen molar-refractivity contribution in [3.63, 3.8) is 0 Å². The van der Waals surface area contributed by atoms with Crippen LogP contribution in [0.25, 0.3) is 0 Å². The van der Waals surface area contributed by atoms with Gasteiger partial charge in [0.2, 0.25) is 0 Å². The Morgan fingerprint density at radius 3 is 2.62 bits per heavy atom. The lowest BCUT2D eigenvalue weighted by molar-refractivity contribution is 0.199. The van der Waals surface area contributed by atoms with Crippen molar-refractivity contribution in [3.8, 4) is 0 Å². The minimum Gasteiger partial charge on any atom is -0.383 e. The smallest absolute Gasteiger partial charge is 0.279 e. The average molecular weight is 251 g/mol. The second-order valence-corrected chi connectivity index (χ2v) is 5.58. The van der Waals surface area contributed by atoms with E-state index in [0.29, 0.717) is 26.2 Å². The van der Waals surface area contributed by atoms with Crippen LogP contribution in [0.2, 0.25) is 0 Å². The highest BCUT2D eigenvalue weighted by molar-refractivity contribution is 7.87. The second-order valence-electron chi connectivity index (χ2n) is 3.88. The first kappa shape index (κ1) is 13.9. The fraction of sp³-hybridized carbons (Fsp3) is 1.00. The van der Waals surface area contributed by atoms with Gasteiger partial charge in [0.05, 0.1) is 6.61 Å². The normalized spacial score (nSPS) is 17.7. The summed E-state index contributed by atoms with van der Waals surface area (Å²) in [5.74, 6) is 0. The van der Waals surface area contributed by atoms with Gasteiger partial charge in [-0.1, -0.05) is 6.42 Å². The van der Waals surface area contributed by atoms with Gasteiger partial charge < -0.3 is 10.5 Å². The van der Waals surface area contributed by atoms with Crippen molar-refractivity contribution in [1.82, 2.24) is 9.03 Å². The van der Waals surface area contributed by atoms with Gasteiger partial charge in [-0.15, -0.1) is 0 Å². The Kier molecular flexibility index (Phi) is 5.63. The lowest BCUT2D eigenvalue weighted by Gasteiger charge is -2.36. The van der Waals surface area contributed by atoms with Crippen LogP contribution in [0.15, 0.2) is 0 Å². The van der Waals surface area contributed by atoms with Gasteiger partial charge in [0.25, 0.3) is 10.2 Å². The molecule has 0 spiro atoms. The Morgan fingerprint density at radius 2 is 2.19 bits per heavy atom. The summed E-state index contributed by atoms with van der Waals surface area (Å²) in [7, 11) is -1.85. The van der Waals surface area contributed by atoms with E-state index in [2.05, 4.69) is 4.72 Å². The number of nitrogens with zero attached hydrogens (tertiary/aromatic N) is 1. The molecule has 7 heteroatoms. The molecule has 1 aliphatic carbocycles. The summed E-state index contributed by atoms with van der Waals surface area (Å²) in [6.45, 7) is 1.40. The first-order valence-corrected chi connectivity index (χ1v) is 7.01. The van der Waals surface area contributed by atoms with Crippen molar-refractivity contribution < 1.29 is 13.2 Å². The molecule has 6 nitrogen and oxygen atoms in total. The second kappa shape index (κ2) is 6.51. The third kappa shape index (κ3) is 3.67. The minimum absolute atomic E-state index is 0.128. The maximum Gasteiger partial charge on any atom is 0.279 e. The molecule has 1 rings (SSSR count). The van der Waals surface area contributed by atoms with Gasteiger partial charge in [-0.3, -0.25) is 0 Å². The molecule has 0 unspecified atom stereocenters. The Hall–Kier alpha value is -0.210. The number of ether oxygens (including phenoxy) is 1. The molecule has 0 radical (unpaired) electrons. The number of hydrogen-bond donors (Lipinski definition) is 2. The number of nitrogens with one attached hydrogen (secondary N) is 1. The zero-order valence-corrected chi connectivity index (χ0v) is 10.5. The van der Waals surface area contributed by atoms with E-state index in [1.54, 1.807) is 0 Å². The van der Waals surface area contributed by atoms with Gasteiger partial charge in [-0.2, -0.15) is 17.4 Å². The van der Waals surface area contributed by atoms with Crippen LogP contribution in [0.3, 0.4) is 0 Å². The Bertz CT molecular complexity index is 290. The molecular formula is C9H21N3O3S. The SMILES string of the molecule is COCCNS(=O)(=O)N(CCN)C1CCC1. The van der Waals surface area contributed by atoms with Crippen LogP contribution in [0.4, 0.5) is 0 Å². The van der Waals surface area contributed by atoms with Crippen molar-refractivity contribution >= 4 is 10.2 Å². The van der Waals surface area contributed by atoms with Gasteiger partial charge in [0, 0.05) is 32.8 Å². The summed E-state index contributed by atoms with van der Waals surface area (Å²) < 4.78 is 32.7. The van der Waals surface area contributed by atoms with E-state index in [4.69, 9.17) is 10.5 Å². The van der Waals surface area contributed by atoms with Crippen molar-refractivity contribution in [2.24, 2.45) is 5.73 Å². The van der Waals surface area contributed by atoms with E-state index in [0.717, 1.165) is 19.3 Å². The van der Waals surface area contributed by atoms with E-state index >= 15 is 0 Å². The third-order valence-electron chi connectivity index (χ3n) is 2.73. The molecule has 16 heavy (non-hydrogen) atoms. The molecule has 0 aromatic heterocycles. The maximum absolute atomic E-state index is 11.9. The Morgan fingerprint density at radius 1 is 1.50 bits per heavy atom. The summed E-state index contributed by atoms with van der Waals surface area (Å²) in [6.07, 6.45) is 2.97. The average Bonchev–Trinajstić information content (AvgIpc) is 2.14. The van der Waals surface area contributed by atoms with E-state index in [1.165, 1.54) is 11.4 Å². The molecule has 0 saturated heterocycles. The van der Waals surface area contributed by atoms with E-state index in [-0.39, 0.29) is 6.04 Å². The molecule has 0 aliphatic heterocycles. The van der Waals surface area contributed by atoms with E-state index in [1.807, 2.05) is 0 Å². The number of methoxy groups -OCH3 is 1. The third-order valence-corrected chi connectivity index (χ3v) is 4.40. The van der Waals surface area contributed by atoms with Crippen molar-refractivity contribution in [3.05, 3.63) is 0 Å². The highest BCUT2D eigenvalue weighted by Gasteiger charge is 2.32. The largest absolute Gasteiger partial charge is 0.383 e. The van der Waals surface area contributed by atoms with Gasteiger partial charge >= 0.3 is 0 Å². The summed E-state index contributed by atoms with van der Waals surface area (Å²) >= 11 is 0. The van der Waals surface area contributed by atoms with Crippen molar-refractivity contribution in [2.75, 3.05) is 33.4 Å². The minimum atomic E-state index is -3.39. The number of rotatable bonds is 8. The predicted molar refractivity (Wildman–Crippen MR) is 62.2 cm³/mol. The molecule has 0 heterocycles. The van der Waals surface area contributed by atoms with Gasteiger partial charge in [0.15, 0.2) is 0 Å².